The SMILES string of the molecule is CCOc1cccc(NCCc2cnn(C)c2)c1N. The smallest absolute Gasteiger partial charge is 0.144 e. The highest BCUT2D eigenvalue weighted by Gasteiger charge is 2.05. The lowest BCUT2D eigenvalue weighted by atomic mass is 10.2. The molecule has 0 bridgehead atoms. The first-order valence-corrected chi connectivity index (χ1v) is 6.43. The number of hydrogen-bond acceptors (Lipinski definition) is 4. The molecule has 1 heterocycles. The Labute approximate surface area is 113 Å². The van der Waals surface area contributed by atoms with Crippen molar-refractivity contribution in [2.75, 3.05) is 24.2 Å². The van der Waals surface area contributed by atoms with Gasteiger partial charge in [0, 0.05) is 19.8 Å². The van der Waals surface area contributed by atoms with Crippen molar-refractivity contribution in [1.82, 2.24) is 9.78 Å². The third-order valence-corrected chi connectivity index (χ3v) is 2.85. The van der Waals surface area contributed by atoms with E-state index in [-0.39, 0.29) is 0 Å². The van der Waals surface area contributed by atoms with Crippen molar-refractivity contribution in [3.05, 3.63) is 36.2 Å². The number of nitrogens with two attached hydrogens (primary N) is 1. The molecule has 0 saturated heterocycles. The fourth-order valence-electron chi connectivity index (χ4n) is 1.92. The molecule has 5 nitrogen and oxygen atoms in total. The van der Waals surface area contributed by atoms with Crippen LogP contribution in [0, 0.1) is 0 Å². The van der Waals surface area contributed by atoms with Crippen LogP contribution in [-0.2, 0) is 13.5 Å². The van der Waals surface area contributed by atoms with E-state index >= 15 is 0 Å². The van der Waals surface area contributed by atoms with Gasteiger partial charge in [-0.1, -0.05) is 6.07 Å². The fraction of sp³-hybridized carbons (Fsp3) is 0.357. The lowest BCUT2D eigenvalue weighted by molar-refractivity contribution is 0.342. The molecule has 0 amide bonds. The van der Waals surface area contributed by atoms with Crippen LogP contribution in [0.2, 0.25) is 0 Å². The van der Waals surface area contributed by atoms with Crippen LogP contribution in [0.5, 0.6) is 5.75 Å². The Morgan fingerprint density at radius 1 is 1.42 bits per heavy atom. The highest BCUT2D eigenvalue weighted by atomic mass is 16.5. The van der Waals surface area contributed by atoms with Crippen molar-refractivity contribution >= 4 is 11.4 Å². The van der Waals surface area contributed by atoms with Gasteiger partial charge in [-0.25, -0.2) is 0 Å². The summed E-state index contributed by atoms with van der Waals surface area (Å²) in [4.78, 5) is 0. The summed E-state index contributed by atoms with van der Waals surface area (Å²) < 4.78 is 7.27. The van der Waals surface area contributed by atoms with Gasteiger partial charge in [-0.3, -0.25) is 4.68 Å². The second-order valence-electron chi connectivity index (χ2n) is 4.35. The monoisotopic (exact) mass is 260 g/mol. The molecule has 0 saturated carbocycles. The number of nitrogen functional groups attached to an aromatic ring is 1. The maximum atomic E-state index is 6.05. The van der Waals surface area contributed by atoms with E-state index in [1.54, 1.807) is 4.68 Å². The van der Waals surface area contributed by atoms with E-state index in [2.05, 4.69) is 10.4 Å². The second-order valence-corrected chi connectivity index (χ2v) is 4.35. The molecule has 102 valence electrons. The number of nitrogens with one attached hydrogen (secondary N) is 1. The lowest BCUT2D eigenvalue weighted by Gasteiger charge is -2.12. The van der Waals surface area contributed by atoms with Gasteiger partial charge >= 0.3 is 0 Å². The van der Waals surface area contributed by atoms with E-state index in [0.29, 0.717) is 12.3 Å². The highest BCUT2D eigenvalue weighted by Crippen LogP contribution is 2.29. The number of anilines is 2. The molecular weight excluding hydrogens is 240 g/mol. The van der Waals surface area contributed by atoms with Crippen molar-refractivity contribution < 1.29 is 4.74 Å². The van der Waals surface area contributed by atoms with Gasteiger partial charge < -0.3 is 15.8 Å². The Morgan fingerprint density at radius 2 is 2.26 bits per heavy atom. The summed E-state index contributed by atoms with van der Waals surface area (Å²) in [5, 5.41) is 7.47. The van der Waals surface area contributed by atoms with Crippen molar-refractivity contribution in [2.45, 2.75) is 13.3 Å². The largest absolute Gasteiger partial charge is 0.492 e. The zero-order valence-corrected chi connectivity index (χ0v) is 11.4. The summed E-state index contributed by atoms with van der Waals surface area (Å²) in [7, 11) is 1.92. The molecule has 2 rings (SSSR count). The van der Waals surface area contributed by atoms with Crippen LogP contribution < -0.4 is 15.8 Å². The predicted molar refractivity (Wildman–Crippen MR) is 77.4 cm³/mol. The standard InChI is InChI=1S/C14H20N4O/c1-3-19-13-6-4-5-12(14(13)15)16-8-7-11-9-17-18(2)10-11/h4-6,9-10,16H,3,7-8,15H2,1-2H3. The van der Waals surface area contributed by atoms with Crippen LogP contribution in [0.3, 0.4) is 0 Å². The number of benzene rings is 1. The summed E-state index contributed by atoms with van der Waals surface area (Å²) >= 11 is 0. The molecule has 5 heteroatoms. The quantitative estimate of drug-likeness (QED) is 0.780. The van der Waals surface area contributed by atoms with Gasteiger partial charge in [0.2, 0.25) is 0 Å². The van der Waals surface area contributed by atoms with Gasteiger partial charge in [0.1, 0.15) is 5.75 Å². The summed E-state index contributed by atoms with van der Waals surface area (Å²) in [5.41, 5.74) is 8.83. The Bertz CT molecular complexity index is 536. The van der Waals surface area contributed by atoms with E-state index < -0.39 is 0 Å². The number of nitrogens with zero attached hydrogens (tertiary/aromatic N) is 2. The minimum atomic E-state index is 0.614. The molecule has 1 aromatic carbocycles. The third kappa shape index (κ3) is 3.40. The lowest BCUT2D eigenvalue weighted by Crippen LogP contribution is -2.07. The zero-order chi connectivity index (χ0) is 13.7. The molecule has 0 aliphatic carbocycles. The molecule has 0 unspecified atom stereocenters. The first kappa shape index (κ1) is 13.3. The van der Waals surface area contributed by atoms with Crippen molar-refractivity contribution in [1.29, 1.82) is 0 Å². The summed E-state index contributed by atoms with van der Waals surface area (Å²) in [5.74, 6) is 0.730. The zero-order valence-electron chi connectivity index (χ0n) is 11.4. The van der Waals surface area contributed by atoms with E-state index in [1.165, 1.54) is 5.56 Å². The number of aryl methyl sites for hydroxylation is 1. The highest BCUT2D eigenvalue weighted by molar-refractivity contribution is 5.72. The van der Waals surface area contributed by atoms with Crippen LogP contribution in [0.15, 0.2) is 30.6 Å². The second kappa shape index (κ2) is 6.13. The van der Waals surface area contributed by atoms with Gasteiger partial charge in [-0.05, 0) is 31.0 Å². The molecule has 0 atom stereocenters. The molecule has 0 fully saturated rings. The summed E-state index contributed by atoms with van der Waals surface area (Å²) in [6.45, 7) is 3.37. The van der Waals surface area contributed by atoms with Crippen molar-refractivity contribution in [2.24, 2.45) is 7.05 Å². The van der Waals surface area contributed by atoms with Gasteiger partial charge in [-0.2, -0.15) is 5.10 Å². The van der Waals surface area contributed by atoms with Crippen molar-refractivity contribution in [3.8, 4) is 5.75 Å². The average Bonchev–Trinajstić information content (AvgIpc) is 2.80. The predicted octanol–water partition coefficient (Wildman–Crippen LogP) is 2.06. The Hall–Kier alpha value is -2.17. The maximum absolute atomic E-state index is 6.05. The normalized spacial score (nSPS) is 10.4. The minimum absolute atomic E-state index is 0.614. The molecular formula is C14H20N4O. The first-order chi connectivity index (χ1) is 9.20. The molecule has 2 aromatic rings. The summed E-state index contributed by atoms with van der Waals surface area (Å²) in [6, 6.07) is 5.78. The van der Waals surface area contributed by atoms with E-state index in [1.807, 2.05) is 44.6 Å². The van der Waals surface area contributed by atoms with Crippen LogP contribution >= 0.6 is 0 Å². The van der Waals surface area contributed by atoms with Gasteiger partial charge in [0.25, 0.3) is 0 Å². The van der Waals surface area contributed by atoms with E-state index in [4.69, 9.17) is 10.5 Å². The van der Waals surface area contributed by atoms with E-state index in [9.17, 15) is 0 Å². The molecule has 0 aliphatic heterocycles. The summed E-state index contributed by atoms with van der Waals surface area (Å²) in [6.07, 6.45) is 4.80. The minimum Gasteiger partial charge on any atom is -0.492 e. The van der Waals surface area contributed by atoms with Crippen LogP contribution in [0.4, 0.5) is 11.4 Å². The number of ether oxygens (including phenoxy) is 1. The first-order valence-electron chi connectivity index (χ1n) is 6.43. The number of para-hydroxylation sites is 1. The van der Waals surface area contributed by atoms with E-state index in [0.717, 1.165) is 24.4 Å². The Morgan fingerprint density at radius 3 is 2.95 bits per heavy atom. The van der Waals surface area contributed by atoms with Gasteiger partial charge in [0.15, 0.2) is 0 Å². The molecule has 19 heavy (non-hydrogen) atoms. The van der Waals surface area contributed by atoms with Crippen LogP contribution in [0.25, 0.3) is 0 Å². The number of hydrogen-bond donors (Lipinski definition) is 2. The average molecular weight is 260 g/mol. The van der Waals surface area contributed by atoms with Crippen LogP contribution in [0.1, 0.15) is 12.5 Å². The third-order valence-electron chi connectivity index (χ3n) is 2.85. The fourth-order valence-corrected chi connectivity index (χ4v) is 1.92. The number of rotatable bonds is 6. The number of aromatic nitrogens is 2. The molecule has 1 aromatic heterocycles. The molecule has 0 radical (unpaired) electrons. The van der Waals surface area contributed by atoms with Crippen molar-refractivity contribution in [3.63, 3.8) is 0 Å². The van der Waals surface area contributed by atoms with Gasteiger partial charge in [-0.15, -0.1) is 0 Å². The van der Waals surface area contributed by atoms with Crippen LogP contribution in [-0.4, -0.2) is 22.9 Å². The molecule has 3 N–H and O–H groups in total. The Balaban J connectivity index is 1.94. The maximum Gasteiger partial charge on any atom is 0.144 e. The Kier molecular flexibility index (Phi) is 4.28. The molecule has 0 aliphatic rings. The molecule has 0 spiro atoms. The topological polar surface area (TPSA) is 65.1 Å². The van der Waals surface area contributed by atoms with Gasteiger partial charge in [0.05, 0.1) is 24.2 Å².